The van der Waals surface area contributed by atoms with Crippen LogP contribution in [0.2, 0.25) is 10.0 Å². The van der Waals surface area contributed by atoms with Crippen molar-refractivity contribution in [2.45, 2.75) is 0 Å². The van der Waals surface area contributed by atoms with Crippen molar-refractivity contribution in [2.24, 2.45) is 0 Å². The molecule has 0 fully saturated rings. The van der Waals surface area contributed by atoms with Gasteiger partial charge in [-0.25, -0.2) is 9.97 Å². The van der Waals surface area contributed by atoms with Crippen LogP contribution in [0.4, 0.5) is 0 Å². The molecule has 44 heavy (non-hydrogen) atoms. The van der Waals surface area contributed by atoms with Gasteiger partial charge in [0.2, 0.25) is 0 Å². The van der Waals surface area contributed by atoms with Crippen molar-refractivity contribution < 1.29 is 0 Å². The fraction of sp³-hybridized carbons (Fsp3) is 0. The minimum atomic E-state index is -0.124. The van der Waals surface area contributed by atoms with Gasteiger partial charge in [-0.2, -0.15) is 0 Å². The fourth-order valence-corrected chi connectivity index (χ4v) is 8.07. The van der Waals surface area contributed by atoms with Crippen LogP contribution in [0.5, 0.6) is 0 Å². The maximum atomic E-state index is 14.1. The van der Waals surface area contributed by atoms with Gasteiger partial charge in [-0.15, -0.1) is 0 Å². The highest BCUT2D eigenvalue weighted by molar-refractivity contribution is 6.40. The Kier molecular flexibility index (Phi) is 3.91. The molecule has 0 amide bonds. The van der Waals surface area contributed by atoms with Crippen molar-refractivity contribution in [1.29, 1.82) is 0 Å². The molecule has 0 atom stereocenters. The first-order valence-electron chi connectivity index (χ1n) is 14.1. The van der Waals surface area contributed by atoms with Gasteiger partial charge in [0.05, 0.1) is 22.1 Å². The van der Waals surface area contributed by atoms with Crippen molar-refractivity contribution in [3.63, 3.8) is 0 Å². The Morgan fingerprint density at radius 1 is 0.432 bits per heavy atom. The molecular weight excluding hydrogens is 591 g/mol. The van der Waals surface area contributed by atoms with Crippen LogP contribution < -0.4 is 11.1 Å². The first-order chi connectivity index (χ1) is 21.5. The molecule has 7 aromatic carbocycles. The summed E-state index contributed by atoms with van der Waals surface area (Å²) in [5.74, 6) is 0. The van der Waals surface area contributed by atoms with Crippen molar-refractivity contribution in [2.75, 3.05) is 0 Å². The van der Waals surface area contributed by atoms with Gasteiger partial charge < -0.3 is 0 Å². The Bertz CT molecular complexity index is 3150. The normalized spacial score (nSPS) is 13.0. The monoisotopic (exact) mass is 604 g/mol. The average Bonchev–Trinajstić information content (AvgIpc) is 3.60. The van der Waals surface area contributed by atoms with Crippen molar-refractivity contribution in [3.8, 4) is 0 Å². The molecular formula is C36H14Cl2N4O2. The van der Waals surface area contributed by atoms with Crippen LogP contribution in [0.3, 0.4) is 0 Å². The van der Waals surface area contributed by atoms with Gasteiger partial charge in [-0.1, -0.05) is 47.5 Å². The lowest BCUT2D eigenvalue weighted by Crippen LogP contribution is -2.14. The SMILES string of the molecule is O=c1c2ccc3c4ccc5c6c(ccc(c7ccc(c2c73)c2nc3cc(Cl)ccc3n12)c46)c(=O)n1c2cc(Cl)ccc2nc51. The third-order valence-corrected chi connectivity index (χ3v) is 9.95. The summed E-state index contributed by atoms with van der Waals surface area (Å²) in [6.07, 6.45) is 0. The lowest BCUT2D eigenvalue weighted by molar-refractivity contribution is 1.19. The summed E-state index contributed by atoms with van der Waals surface area (Å²) in [5, 5.41) is 12.1. The molecule has 0 aliphatic heterocycles. The molecule has 4 heterocycles. The van der Waals surface area contributed by atoms with E-state index in [4.69, 9.17) is 33.2 Å². The average molecular weight is 605 g/mol. The molecule has 4 aromatic heterocycles. The molecule has 0 spiro atoms. The summed E-state index contributed by atoms with van der Waals surface area (Å²) in [4.78, 5) is 37.8. The zero-order chi connectivity index (χ0) is 29.2. The quantitative estimate of drug-likeness (QED) is 0.128. The summed E-state index contributed by atoms with van der Waals surface area (Å²) in [7, 11) is 0. The summed E-state index contributed by atoms with van der Waals surface area (Å²) < 4.78 is 3.37. The van der Waals surface area contributed by atoms with Crippen LogP contribution in [0, 0.1) is 0 Å². The molecule has 8 heteroatoms. The number of hydrogen-bond donors (Lipinski definition) is 0. The Labute approximate surface area is 254 Å². The van der Waals surface area contributed by atoms with Gasteiger partial charge in [0.25, 0.3) is 11.1 Å². The molecule has 0 saturated carbocycles. The maximum absolute atomic E-state index is 14.1. The van der Waals surface area contributed by atoms with E-state index in [2.05, 4.69) is 24.3 Å². The molecule has 0 N–H and O–H groups in total. The number of hydrogen-bond acceptors (Lipinski definition) is 4. The third-order valence-electron chi connectivity index (χ3n) is 9.48. The third kappa shape index (κ3) is 2.50. The highest BCUT2D eigenvalue weighted by Gasteiger charge is 2.24. The largest absolute Gasteiger partial charge is 0.268 e. The lowest BCUT2D eigenvalue weighted by atomic mass is 9.86. The summed E-state index contributed by atoms with van der Waals surface area (Å²) in [6.45, 7) is 0. The Balaban J connectivity index is 1.38. The van der Waals surface area contributed by atoms with E-state index >= 15 is 0 Å². The number of rotatable bonds is 0. The first kappa shape index (κ1) is 23.2. The number of halogens is 2. The van der Waals surface area contributed by atoms with Gasteiger partial charge in [-0.05, 0) is 93.0 Å². The molecule has 0 aliphatic carbocycles. The van der Waals surface area contributed by atoms with Crippen molar-refractivity contribution >= 4 is 121 Å². The zero-order valence-corrected chi connectivity index (χ0v) is 24.0. The zero-order valence-electron chi connectivity index (χ0n) is 22.4. The number of nitrogens with zero attached hydrogens (tertiary/aromatic N) is 4. The standard InChI is InChI=1S/C36H14Cl2N4O2/c37-15-2-12-27-26(13-15)40-34-22-8-4-18-20-6-10-24-31-21(33-39-25-11-1-16(38)14-28(25)42(33)36(24)44)7-3-17(29(20)31)19-5-9-23(32(22)30(18)19)35(43)41(27)34/h1-14H. The Morgan fingerprint density at radius 2 is 0.864 bits per heavy atom. The van der Waals surface area contributed by atoms with Crippen LogP contribution in [0.15, 0.2) is 94.5 Å². The number of benzene rings is 7. The van der Waals surface area contributed by atoms with E-state index in [9.17, 15) is 9.59 Å². The van der Waals surface area contributed by atoms with Crippen molar-refractivity contribution in [1.82, 2.24) is 18.8 Å². The van der Waals surface area contributed by atoms with Crippen LogP contribution >= 0.6 is 23.2 Å². The Hall–Kier alpha value is -5.30. The minimum Gasteiger partial charge on any atom is -0.268 e. The molecule has 0 bridgehead atoms. The molecule has 0 radical (unpaired) electrons. The van der Waals surface area contributed by atoms with Crippen LogP contribution in [-0.4, -0.2) is 18.8 Å². The second-order valence-electron chi connectivity index (χ2n) is 11.6. The first-order valence-corrected chi connectivity index (χ1v) is 14.9. The molecule has 11 aromatic rings. The predicted molar refractivity (Wildman–Crippen MR) is 180 cm³/mol. The van der Waals surface area contributed by atoms with Gasteiger partial charge in [0, 0.05) is 42.4 Å². The predicted octanol–water partition coefficient (Wildman–Crippen LogP) is 8.55. The highest BCUT2D eigenvalue weighted by Crippen LogP contribution is 2.45. The van der Waals surface area contributed by atoms with Gasteiger partial charge in [-0.3, -0.25) is 18.4 Å². The molecule has 0 saturated heterocycles. The molecule has 0 unspecified atom stereocenters. The second-order valence-corrected chi connectivity index (χ2v) is 12.4. The Morgan fingerprint density at radius 3 is 1.45 bits per heavy atom. The number of aromatic nitrogens is 4. The molecule has 204 valence electrons. The maximum Gasteiger partial charge on any atom is 0.264 e. The second kappa shape index (κ2) is 7.42. The molecule has 11 rings (SSSR count). The number of imidazole rings is 2. The minimum absolute atomic E-state index is 0.110. The van der Waals surface area contributed by atoms with Crippen LogP contribution in [0.25, 0.3) is 98.0 Å². The smallest absolute Gasteiger partial charge is 0.264 e. The summed E-state index contributed by atoms with van der Waals surface area (Å²) in [6, 6.07) is 27.1. The van der Waals surface area contributed by atoms with Gasteiger partial charge in [0.1, 0.15) is 11.3 Å². The highest BCUT2D eigenvalue weighted by atomic mass is 35.5. The van der Waals surface area contributed by atoms with Crippen molar-refractivity contribution in [3.05, 3.63) is 116 Å². The van der Waals surface area contributed by atoms with Crippen LogP contribution in [-0.2, 0) is 0 Å². The topological polar surface area (TPSA) is 68.7 Å². The van der Waals surface area contributed by atoms with E-state index in [1.54, 1.807) is 33.1 Å². The fourth-order valence-electron chi connectivity index (χ4n) is 7.73. The van der Waals surface area contributed by atoms with Gasteiger partial charge >= 0.3 is 0 Å². The van der Waals surface area contributed by atoms with Crippen LogP contribution in [0.1, 0.15) is 0 Å². The van der Waals surface area contributed by atoms with Gasteiger partial charge in [0.15, 0.2) is 0 Å². The molecule has 0 aliphatic rings. The number of pyridine rings is 2. The lowest BCUT2D eigenvalue weighted by Gasteiger charge is -2.18. The van der Waals surface area contributed by atoms with E-state index < -0.39 is 0 Å². The van der Waals surface area contributed by atoms with E-state index in [1.807, 2.05) is 36.4 Å². The summed E-state index contributed by atoms with van der Waals surface area (Å²) >= 11 is 12.6. The van der Waals surface area contributed by atoms with E-state index in [0.717, 1.165) is 64.9 Å². The summed E-state index contributed by atoms with van der Waals surface area (Å²) in [5.41, 5.74) is 3.82. The number of fused-ring (bicyclic) bond motifs is 10. The van der Waals surface area contributed by atoms with E-state index in [1.165, 1.54) is 0 Å². The van der Waals surface area contributed by atoms with E-state index in [0.29, 0.717) is 43.1 Å². The molecule has 6 nitrogen and oxygen atoms in total. The van der Waals surface area contributed by atoms with E-state index in [-0.39, 0.29) is 11.1 Å².